The number of rotatable bonds is 6. The van der Waals surface area contributed by atoms with E-state index in [1.54, 1.807) is 6.08 Å². The van der Waals surface area contributed by atoms with E-state index in [0.29, 0.717) is 21.6 Å². The summed E-state index contributed by atoms with van der Waals surface area (Å²) in [4.78, 5) is 26.1. The number of carboxylic acid groups (broad SMARTS) is 1. The lowest BCUT2D eigenvalue weighted by molar-refractivity contribution is -0.147. The zero-order valence-corrected chi connectivity index (χ0v) is 16.5. The minimum Gasteiger partial charge on any atom is -0.480 e. The summed E-state index contributed by atoms with van der Waals surface area (Å²) in [5.74, 6) is -1.08. The monoisotopic (exact) mass is 377 g/mol. The van der Waals surface area contributed by atoms with E-state index < -0.39 is 12.0 Å². The van der Waals surface area contributed by atoms with Crippen LogP contribution in [0.3, 0.4) is 0 Å². The lowest BCUT2D eigenvalue weighted by Crippen LogP contribution is -2.47. The fourth-order valence-electron chi connectivity index (χ4n) is 2.68. The number of nitrogens with zero attached hydrogens (tertiary/aromatic N) is 1. The SMILES string of the molecule is CC[C@@H](C)[C@H](C(=O)O)N1C(=O)/C(=C/c2ccc(C(C)C)cc2)SC1=S. The highest BCUT2D eigenvalue weighted by Crippen LogP contribution is 2.36. The molecule has 2 rings (SSSR count). The largest absolute Gasteiger partial charge is 0.480 e. The Hall–Kier alpha value is -1.66. The zero-order valence-electron chi connectivity index (χ0n) is 14.9. The van der Waals surface area contributed by atoms with E-state index in [4.69, 9.17) is 12.2 Å². The summed E-state index contributed by atoms with van der Waals surface area (Å²) in [5.41, 5.74) is 2.13. The summed E-state index contributed by atoms with van der Waals surface area (Å²) in [6.07, 6.45) is 2.43. The van der Waals surface area contributed by atoms with E-state index in [1.807, 2.05) is 38.1 Å². The normalized spacial score (nSPS) is 18.9. The number of hydrogen-bond donors (Lipinski definition) is 1. The van der Waals surface area contributed by atoms with Crippen molar-refractivity contribution in [2.75, 3.05) is 0 Å². The Bertz CT molecular complexity index is 710. The van der Waals surface area contributed by atoms with Gasteiger partial charge in [-0.05, 0) is 29.0 Å². The van der Waals surface area contributed by atoms with Crippen LogP contribution in [-0.4, -0.2) is 32.2 Å². The predicted octanol–water partition coefficient (Wildman–Crippen LogP) is 4.51. The first kappa shape index (κ1) is 19.7. The third-order valence-corrected chi connectivity index (χ3v) is 5.77. The summed E-state index contributed by atoms with van der Waals surface area (Å²) in [7, 11) is 0. The molecular weight excluding hydrogens is 354 g/mol. The van der Waals surface area contributed by atoms with Gasteiger partial charge in [0.15, 0.2) is 0 Å². The molecule has 0 unspecified atom stereocenters. The second-order valence-corrected chi connectivity index (χ2v) is 8.22. The van der Waals surface area contributed by atoms with Crippen molar-refractivity contribution in [1.29, 1.82) is 0 Å². The maximum absolute atomic E-state index is 12.7. The van der Waals surface area contributed by atoms with Crippen molar-refractivity contribution in [3.8, 4) is 0 Å². The molecule has 0 aliphatic carbocycles. The fraction of sp³-hybridized carbons (Fsp3) is 0.421. The lowest BCUT2D eigenvalue weighted by atomic mass is 9.98. The number of carbonyl (C=O) groups excluding carboxylic acids is 1. The van der Waals surface area contributed by atoms with Gasteiger partial charge >= 0.3 is 5.97 Å². The molecule has 0 saturated carbocycles. The first-order valence-corrected chi connectivity index (χ1v) is 9.58. The van der Waals surface area contributed by atoms with E-state index in [9.17, 15) is 14.7 Å². The Morgan fingerprint density at radius 1 is 1.28 bits per heavy atom. The molecule has 1 aromatic carbocycles. The molecule has 134 valence electrons. The summed E-state index contributed by atoms with van der Waals surface area (Å²) in [6.45, 7) is 7.98. The van der Waals surface area contributed by atoms with E-state index in [-0.39, 0.29) is 11.8 Å². The number of carboxylic acids is 1. The second kappa shape index (κ2) is 8.15. The van der Waals surface area contributed by atoms with Crippen molar-refractivity contribution >= 4 is 46.3 Å². The quantitative estimate of drug-likeness (QED) is 0.584. The first-order valence-electron chi connectivity index (χ1n) is 8.36. The van der Waals surface area contributed by atoms with Gasteiger partial charge in [-0.2, -0.15) is 0 Å². The molecule has 6 heteroatoms. The van der Waals surface area contributed by atoms with Crippen molar-refractivity contribution < 1.29 is 14.7 Å². The molecule has 1 aliphatic heterocycles. The van der Waals surface area contributed by atoms with Crippen molar-refractivity contribution in [2.45, 2.75) is 46.1 Å². The average Bonchev–Trinajstić information content (AvgIpc) is 2.82. The van der Waals surface area contributed by atoms with Crippen LogP contribution in [0.1, 0.15) is 51.2 Å². The highest BCUT2D eigenvalue weighted by molar-refractivity contribution is 8.26. The Kier molecular flexibility index (Phi) is 6.41. The standard InChI is InChI=1S/C19H23NO3S2/c1-5-12(4)16(18(22)23)20-17(21)15(25-19(20)24)10-13-6-8-14(9-7-13)11(2)3/h6-12,16H,5H2,1-4H3,(H,22,23)/b15-10-/t12-,16-/m1/s1. The maximum Gasteiger partial charge on any atom is 0.327 e. The van der Waals surface area contributed by atoms with Crippen LogP contribution in [-0.2, 0) is 9.59 Å². The summed E-state index contributed by atoms with van der Waals surface area (Å²) < 4.78 is 0.308. The Labute approximate surface area is 158 Å². The van der Waals surface area contributed by atoms with Crippen molar-refractivity contribution in [2.24, 2.45) is 5.92 Å². The summed E-state index contributed by atoms with van der Waals surface area (Å²) >= 11 is 6.46. The highest BCUT2D eigenvalue weighted by atomic mass is 32.2. The zero-order chi connectivity index (χ0) is 18.7. The van der Waals surface area contributed by atoms with Crippen LogP contribution in [0, 0.1) is 5.92 Å². The van der Waals surface area contributed by atoms with Gasteiger partial charge in [0.2, 0.25) is 0 Å². The number of hydrogen-bond acceptors (Lipinski definition) is 4. The number of amides is 1. The molecule has 0 radical (unpaired) electrons. The van der Waals surface area contributed by atoms with Crippen LogP contribution < -0.4 is 0 Å². The van der Waals surface area contributed by atoms with Gasteiger partial charge in [-0.1, -0.05) is 82.4 Å². The summed E-state index contributed by atoms with van der Waals surface area (Å²) in [6, 6.07) is 7.08. The fourth-order valence-corrected chi connectivity index (χ4v) is 4.01. The Morgan fingerprint density at radius 2 is 1.88 bits per heavy atom. The van der Waals surface area contributed by atoms with Crippen molar-refractivity contribution in [3.63, 3.8) is 0 Å². The van der Waals surface area contributed by atoms with Crippen LogP contribution in [0.4, 0.5) is 0 Å². The number of thioether (sulfide) groups is 1. The summed E-state index contributed by atoms with van der Waals surface area (Å²) in [5, 5.41) is 9.55. The predicted molar refractivity (Wildman–Crippen MR) is 106 cm³/mol. The molecule has 1 aliphatic rings. The highest BCUT2D eigenvalue weighted by Gasteiger charge is 2.42. The molecule has 25 heavy (non-hydrogen) atoms. The van der Waals surface area contributed by atoms with E-state index >= 15 is 0 Å². The minimum absolute atomic E-state index is 0.176. The first-order chi connectivity index (χ1) is 11.8. The Morgan fingerprint density at radius 3 is 2.36 bits per heavy atom. The molecule has 2 atom stereocenters. The topological polar surface area (TPSA) is 57.6 Å². The minimum atomic E-state index is -1.02. The molecule has 0 spiro atoms. The van der Waals surface area contributed by atoms with Gasteiger partial charge in [-0.15, -0.1) is 0 Å². The van der Waals surface area contributed by atoms with Gasteiger partial charge in [-0.3, -0.25) is 9.69 Å². The molecule has 1 amide bonds. The molecule has 1 heterocycles. The molecule has 1 aromatic rings. The average molecular weight is 378 g/mol. The third-order valence-electron chi connectivity index (χ3n) is 4.44. The molecule has 1 N–H and O–H groups in total. The lowest BCUT2D eigenvalue weighted by Gasteiger charge is -2.27. The van der Waals surface area contributed by atoms with Crippen LogP contribution in [0.15, 0.2) is 29.2 Å². The number of aliphatic carboxylic acids is 1. The number of benzene rings is 1. The maximum atomic E-state index is 12.7. The van der Waals surface area contributed by atoms with Crippen LogP contribution in [0.2, 0.25) is 0 Å². The smallest absolute Gasteiger partial charge is 0.327 e. The number of thiocarbonyl (C=S) groups is 1. The van der Waals surface area contributed by atoms with Gasteiger partial charge < -0.3 is 5.11 Å². The Balaban J connectivity index is 2.29. The second-order valence-electron chi connectivity index (χ2n) is 6.54. The van der Waals surface area contributed by atoms with Crippen molar-refractivity contribution in [3.05, 3.63) is 40.3 Å². The van der Waals surface area contributed by atoms with Crippen molar-refractivity contribution in [1.82, 2.24) is 4.90 Å². The van der Waals surface area contributed by atoms with Gasteiger partial charge in [0, 0.05) is 0 Å². The van der Waals surface area contributed by atoms with Gasteiger partial charge in [0.25, 0.3) is 5.91 Å². The molecule has 1 fully saturated rings. The number of carbonyl (C=O) groups is 2. The van der Waals surface area contributed by atoms with E-state index in [2.05, 4.69) is 13.8 Å². The molecule has 4 nitrogen and oxygen atoms in total. The van der Waals surface area contributed by atoms with Gasteiger partial charge in [-0.25, -0.2) is 4.79 Å². The molecule has 0 aromatic heterocycles. The van der Waals surface area contributed by atoms with Crippen LogP contribution >= 0.6 is 24.0 Å². The van der Waals surface area contributed by atoms with Gasteiger partial charge in [0.05, 0.1) is 4.91 Å². The van der Waals surface area contributed by atoms with E-state index in [1.165, 1.54) is 22.2 Å². The molecule has 1 saturated heterocycles. The van der Waals surface area contributed by atoms with Crippen LogP contribution in [0.25, 0.3) is 6.08 Å². The third kappa shape index (κ3) is 4.30. The van der Waals surface area contributed by atoms with Crippen LogP contribution in [0.5, 0.6) is 0 Å². The van der Waals surface area contributed by atoms with E-state index in [0.717, 1.165) is 5.56 Å². The van der Waals surface area contributed by atoms with Gasteiger partial charge in [0.1, 0.15) is 10.4 Å². The molecule has 0 bridgehead atoms. The molecular formula is C19H23NO3S2.